The monoisotopic (exact) mass is 1540 g/mol. The summed E-state index contributed by atoms with van der Waals surface area (Å²) in [5, 5.41) is 7.74. The van der Waals surface area contributed by atoms with Crippen molar-refractivity contribution >= 4 is 113 Å². The largest absolute Gasteiger partial charge is 0.311 e. The molecule has 0 atom stereocenters. The number of nitrogens with zero attached hydrogens (tertiary/aromatic N) is 2. The second-order valence-corrected chi connectivity index (χ2v) is 38.2. The number of hydrogen-bond donors (Lipinski definition) is 0. The molecule has 22 rings (SSSR count). The Labute approximate surface area is 707 Å². The lowest BCUT2D eigenvalue weighted by Crippen LogP contribution is -2.60. The second kappa shape index (κ2) is 27.1. The molecule has 4 aliphatic rings. The van der Waals surface area contributed by atoms with E-state index in [0.717, 1.165) is 33.6 Å². The molecule has 0 saturated heterocycles. The summed E-state index contributed by atoms with van der Waals surface area (Å²) in [6, 6.07) is 137. The van der Waals surface area contributed by atoms with Gasteiger partial charge in [0.2, 0.25) is 13.4 Å². The molecule has 0 spiro atoms. The van der Waals surface area contributed by atoms with Crippen LogP contribution in [0.25, 0.3) is 144 Å². The van der Waals surface area contributed by atoms with Gasteiger partial charge in [-0.15, -0.1) is 0 Å². The summed E-state index contributed by atoms with van der Waals surface area (Å²) < 4.78 is 0. The first-order valence-corrected chi connectivity index (χ1v) is 43.0. The summed E-state index contributed by atoms with van der Waals surface area (Å²) in [6.07, 6.45) is 0. The molecule has 2 nitrogen and oxygen atoms in total. The minimum atomic E-state index is -0.255. The maximum atomic E-state index is 2.78. The molecule has 4 heteroatoms. The highest BCUT2D eigenvalue weighted by Crippen LogP contribution is 2.58. The van der Waals surface area contributed by atoms with Gasteiger partial charge in [-0.2, -0.15) is 0 Å². The average molecular weight is 1540 g/mol. The first-order chi connectivity index (χ1) is 58.1. The molecule has 0 N–H and O–H groups in total. The number of anilines is 6. The standard InChI is InChI=1S/C116H94B2N2/c1-113(2,3)79-53-55-97-101(63-79)119(83-49-33-19-34-50-83)103-65-81(115(7,8)9)61-95-91-67-90(106-87(75-45-29-17-30-46-75)59-78(72-39-23-14-24-40-72)60-88(106)76-47-31-18-32-48-76)94-70-100-108-92(96-62-82(116(10,11)12)66-104-112(96)118(100)98-56-54-80(114(4,5)6)64-102(98)120(104)84-51-35-20-36-52-84)68-89(93-69-99(117(97)111(95)103)107(91)109(94)110(93)108)105-85(73-41-25-15-26-42-73)57-77(71-37-21-13-22-38-71)58-86(105)74-43-27-16-28-44-74/h13-70H,1-12H3. The van der Waals surface area contributed by atoms with E-state index in [0.29, 0.717) is 0 Å². The van der Waals surface area contributed by atoms with Crippen molar-refractivity contribution in [1.82, 2.24) is 0 Å². The molecule has 0 saturated carbocycles. The van der Waals surface area contributed by atoms with Crippen molar-refractivity contribution in [3.8, 4) is 111 Å². The average Bonchev–Trinajstić information content (AvgIpc) is 0.658. The van der Waals surface area contributed by atoms with Gasteiger partial charge in [0.05, 0.1) is 0 Å². The minimum absolute atomic E-state index is 0.147. The van der Waals surface area contributed by atoms with Gasteiger partial charge in [-0.1, -0.05) is 361 Å². The zero-order chi connectivity index (χ0) is 81.6. The van der Waals surface area contributed by atoms with Gasteiger partial charge in [0, 0.05) is 34.1 Å². The highest BCUT2D eigenvalue weighted by Gasteiger charge is 2.48. The lowest BCUT2D eigenvalue weighted by Gasteiger charge is -2.44. The Kier molecular flexibility index (Phi) is 16.5. The van der Waals surface area contributed by atoms with Crippen LogP contribution in [-0.2, 0) is 21.7 Å². The number of fused-ring (bicyclic) bond motifs is 8. The summed E-state index contributed by atoms with van der Waals surface area (Å²) in [6.45, 7) is 28.3. The van der Waals surface area contributed by atoms with E-state index in [1.807, 2.05) is 0 Å². The van der Waals surface area contributed by atoms with Crippen molar-refractivity contribution < 1.29 is 0 Å². The van der Waals surface area contributed by atoms with Gasteiger partial charge in [-0.25, -0.2) is 0 Å². The van der Waals surface area contributed by atoms with Gasteiger partial charge in [0.15, 0.2) is 0 Å². The number of rotatable bonds is 10. The zero-order valence-electron chi connectivity index (χ0n) is 70.5. The summed E-state index contributed by atoms with van der Waals surface area (Å²) in [5.41, 5.74) is 43.5. The summed E-state index contributed by atoms with van der Waals surface area (Å²) >= 11 is 0. The summed E-state index contributed by atoms with van der Waals surface area (Å²) in [7, 11) is 0. The van der Waals surface area contributed by atoms with Crippen LogP contribution in [0.3, 0.4) is 0 Å². The fourth-order valence-electron chi connectivity index (χ4n) is 20.8. The van der Waals surface area contributed by atoms with Gasteiger partial charge in [0.25, 0.3) is 0 Å². The van der Waals surface area contributed by atoms with Crippen LogP contribution in [-0.4, -0.2) is 13.4 Å². The van der Waals surface area contributed by atoms with Crippen LogP contribution in [0.5, 0.6) is 0 Å². The van der Waals surface area contributed by atoms with Gasteiger partial charge in [-0.05, 0) is 294 Å². The first kappa shape index (κ1) is 73.1. The third kappa shape index (κ3) is 11.5. The van der Waals surface area contributed by atoms with Crippen molar-refractivity contribution in [2.45, 2.75) is 105 Å². The predicted molar refractivity (Wildman–Crippen MR) is 518 cm³/mol. The molecule has 0 fully saturated rings. The molecule has 18 aromatic rings. The molecule has 0 aliphatic carbocycles. The zero-order valence-corrected chi connectivity index (χ0v) is 70.5. The Morgan fingerprint density at radius 2 is 0.467 bits per heavy atom. The molecule has 0 bridgehead atoms. The van der Waals surface area contributed by atoms with Gasteiger partial charge in [0.1, 0.15) is 0 Å². The first-order valence-electron chi connectivity index (χ1n) is 43.0. The van der Waals surface area contributed by atoms with Gasteiger partial charge < -0.3 is 9.80 Å². The molecular formula is C116H94B2N2. The van der Waals surface area contributed by atoms with E-state index in [1.54, 1.807) is 0 Å². The van der Waals surface area contributed by atoms with Crippen molar-refractivity contribution in [1.29, 1.82) is 0 Å². The predicted octanol–water partition coefficient (Wildman–Crippen LogP) is 27.7. The minimum Gasteiger partial charge on any atom is -0.311 e. The number of benzene rings is 18. The van der Waals surface area contributed by atoms with Crippen LogP contribution in [0.2, 0.25) is 0 Å². The molecule has 574 valence electrons. The molecule has 0 amide bonds. The fraction of sp³-hybridized carbons (Fsp3) is 0.138. The second-order valence-electron chi connectivity index (χ2n) is 38.2. The summed E-state index contributed by atoms with van der Waals surface area (Å²) in [4.78, 5) is 5.29. The Morgan fingerprint density at radius 1 is 0.192 bits per heavy atom. The van der Waals surface area contributed by atoms with E-state index in [4.69, 9.17) is 0 Å². The van der Waals surface area contributed by atoms with Gasteiger partial charge >= 0.3 is 0 Å². The van der Waals surface area contributed by atoms with Crippen LogP contribution < -0.4 is 42.6 Å². The molecule has 0 unspecified atom stereocenters. The topological polar surface area (TPSA) is 6.48 Å². The van der Waals surface area contributed by atoms with E-state index in [2.05, 4.69) is 445 Å². The smallest absolute Gasteiger partial charge is 0.248 e. The van der Waals surface area contributed by atoms with Crippen LogP contribution in [0, 0.1) is 0 Å². The Bertz CT molecular complexity index is 6640. The van der Waals surface area contributed by atoms with Crippen molar-refractivity contribution in [2.75, 3.05) is 9.80 Å². The highest BCUT2D eigenvalue weighted by molar-refractivity contribution is 7.02. The van der Waals surface area contributed by atoms with E-state index in [9.17, 15) is 0 Å². The number of para-hydroxylation sites is 2. The molecular weight excluding hydrogens is 1440 g/mol. The maximum absolute atomic E-state index is 2.78. The lowest BCUT2D eigenvalue weighted by atomic mass is 9.31. The molecule has 0 radical (unpaired) electrons. The quantitative estimate of drug-likeness (QED) is 0.0995. The van der Waals surface area contributed by atoms with Crippen LogP contribution >= 0.6 is 0 Å². The molecule has 18 aromatic carbocycles. The van der Waals surface area contributed by atoms with Crippen LogP contribution in [0.4, 0.5) is 34.1 Å². The van der Waals surface area contributed by atoms with E-state index >= 15 is 0 Å². The molecule has 4 aliphatic heterocycles. The Balaban J connectivity index is 1.02. The third-order valence-electron chi connectivity index (χ3n) is 26.8. The number of hydrogen-bond acceptors (Lipinski definition) is 2. The lowest BCUT2D eigenvalue weighted by molar-refractivity contribution is 0.590. The SMILES string of the molecule is CC(C)(C)c1ccc2c(c1)N(c1ccccc1)c1cc(C(C)(C)C)cc3c1B2c1cc2c(-c4c(-c5ccccc5)cc(-c5ccccc5)cc4-c4ccccc4)cc4c5c(cc6c(-c7c(-c8ccccc8)cc(-c8ccccc8)cc7-c7ccccc7)cc-3c1c6c25)B1c2ccc(C(C)(C)C)cc2N(c2ccccc2)c2cc(C(C)(C)C)cc-4c21. The van der Waals surface area contributed by atoms with Crippen LogP contribution in [0.1, 0.15) is 105 Å². The van der Waals surface area contributed by atoms with Crippen LogP contribution in [0.15, 0.2) is 352 Å². The highest BCUT2D eigenvalue weighted by atomic mass is 15.2. The molecule has 0 aromatic heterocycles. The third-order valence-corrected chi connectivity index (χ3v) is 26.8. The van der Waals surface area contributed by atoms with Crippen molar-refractivity contribution in [3.05, 3.63) is 374 Å². The Morgan fingerprint density at radius 3 is 0.758 bits per heavy atom. The van der Waals surface area contributed by atoms with Gasteiger partial charge in [-0.3, -0.25) is 0 Å². The fourth-order valence-corrected chi connectivity index (χ4v) is 20.8. The van der Waals surface area contributed by atoms with E-state index in [1.165, 1.54) is 199 Å². The normalized spacial score (nSPS) is 13.3. The van der Waals surface area contributed by atoms with Crippen molar-refractivity contribution in [3.63, 3.8) is 0 Å². The van der Waals surface area contributed by atoms with E-state index in [-0.39, 0.29) is 35.1 Å². The molecule has 120 heavy (non-hydrogen) atoms. The maximum Gasteiger partial charge on any atom is 0.248 e. The summed E-state index contributed by atoms with van der Waals surface area (Å²) in [5.74, 6) is 0. The molecule has 4 heterocycles. The van der Waals surface area contributed by atoms with Crippen molar-refractivity contribution in [2.24, 2.45) is 0 Å². The van der Waals surface area contributed by atoms with E-state index < -0.39 is 0 Å². The Hall–Kier alpha value is -13.3.